The van der Waals surface area contributed by atoms with Gasteiger partial charge >= 0.3 is 0 Å². The summed E-state index contributed by atoms with van der Waals surface area (Å²) in [5, 5.41) is 12.1. The van der Waals surface area contributed by atoms with Crippen molar-refractivity contribution < 1.29 is 4.79 Å². The highest BCUT2D eigenvalue weighted by Crippen LogP contribution is 2.25. The highest BCUT2D eigenvalue weighted by molar-refractivity contribution is 7.18. The van der Waals surface area contributed by atoms with Crippen LogP contribution in [-0.2, 0) is 6.54 Å². The van der Waals surface area contributed by atoms with Gasteiger partial charge in [0.1, 0.15) is 5.52 Å². The van der Waals surface area contributed by atoms with Crippen LogP contribution in [0.1, 0.15) is 22.3 Å². The van der Waals surface area contributed by atoms with Crippen molar-refractivity contribution in [2.45, 2.75) is 20.4 Å². The van der Waals surface area contributed by atoms with Crippen LogP contribution in [0.15, 0.2) is 36.4 Å². The number of carbonyl (C=O) groups is 1. The summed E-state index contributed by atoms with van der Waals surface area (Å²) in [6, 6.07) is 11.2. The molecule has 0 aliphatic carbocycles. The number of aryl methyl sites for hydroxylation is 2. The van der Waals surface area contributed by atoms with E-state index in [-0.39, 0.29) is 5.91 Å². The first-order chi connectivity index (χ1) is 11.6. The zero-order chi connectivity index (χ0) is 16.7. The van der Waals surface area contributed by atoms with E-state index in [0.29, 0.717) is 5.56 Å². The monoisotopic (exact) mass is 337 g/mol. The minimum absolute atomic E-state index is 0.163. The van der Waals surface area contributed by atoms with E-state index >= 15 is 0 Å². The summed E-state index contributed by atoms with van der Waals surface area (Å²) in [5.74, 6) is -0.163. The molecule has 0 aliphatic rings. The number of benzene rings is 2. The van der Waals surface area contributed by atoms with Crippen molar-refractivity contribution >= 4 is 44.2 Å². The van der Waals surface area contributed by atoms with Gasteiger partial charge in [0.2, 0.25) is 0 Å². The molecule has 2 aromatic carbocycles. The number of fused-ring (bicyclic) bond motifs is 2. The third kappa shape index (κ3) is 2.52. The number of hydrogen-bond acceptors (Lipinski definition) is 5. The van der Waals surface area contributed by atoms with Crippen LogP contribution < -0.4 is 5.32 Å². The number of nitrogens with one attached hydrogen (secondary N) is 1. The summed E-state index contributed by atoms with van der Waals surface area (Å²) in [4.78, 5) is 16.9. The first-order valence-corrected chi connectivity index (χ1v) is 8.47. The van der Waals surface area contributed by atoms with E-state index in [1.807, 2.05) is 38.1 Å². The number of carbonyl (C=O) groups excluding carboxylic acids is 1. The third-order valence-electron chi connectivity index (χ3n) is 3.83. The molecule has 24 heavy (non-hydrogen) atoms. The van der Waals surface area contributed by atoms with Crippen LogP contribution in [-0.4, -0.2) is 25.9 Å². The Balaban J connectivity index is 1.62. The quantitative estimate of drug-likeness (QED) is 0.620. The van der Waals surface area contributed by atoms with Crippen LogP contribution in [0.5, 0.6) is 0 Å². The van der Waals surface area contributed by atoms with Crippen LogP contribution in [0.25, 0.3) is 21.3 Å². The molecule has 4 aromatic rings. The molecule has 4 rings (SSSR count). The van der Waals surface area contributed by atoms with Crippen molar-refractivity contribution in [3.8, 4) is 0 Å². The zero-order valence-corrected chi connectivity index (χ0v) is 14.1. The van der Waals surface area contributed by atoms with Crippen molar-refractivity contribution in [3.05, 3.63) is 47.0 Å². The summed E-state index contributed by atoms with van der Waals surface area (Å²) in [6.45, 7) is 4.73. The van der Waals surface area contributed by atoms with Crippen molar-refractivity contribution in [3.63, 3.8) is 0 Å². The second kappa shape index (κ2) is 5.68. The fraction of sp³-hybridized carbons (Fsp3) is 0.176. The smallest absolute Gasteiger partial charge is 0.255 e. The zero-order valence-electron chi connectivity index (χ0n) is 13.3. The topological polar surface area (TPSA) is 72.7 Å². The van der Waals surface area contributed by atoms with Gasteiger partial charge in [0.05, 0.1) is 20.7 Å². The summed E-state index contributed by atoms with van der Waals surface area (Å²) >= 11 is 1.61. The first kappa shape index (κ1) is 14.8. The van der Waals surface area contributed by atoms with Gasteiger partial charge in [-0.1, -0.05) is 5.21 Å². The molecule has 0 spiro atoms. The molecule has 0 saturated carbocycles. The predicted molar refractivity (Wildman–Crippen MR) is 95.5 cm³/mol. The lowest BCUT2D eigenvalue weighted by Crippen LogP contribution is -2.11. The van der Waals surface area contributed by atoms with Crippen molar-refractivity contribution in [1.82, 2.24) is 20.0 Å². The summed E-state index contributed by atoms with van der Waals surface area (Å²) < 4.78 is 2.86. The molecule has 0 bridgehead atoms. The average molecular weight is 337 g/mol. The molecule has 0 radical (unpaired) electrons. The molecule has 2 heterocycles. The number of aromatic nitrogens is 4. The number of rotatable bonds is 3. The molecule has 0 unspecified atom stereocenters. The third-order valence-corrected chi connectivity index (χ3v) is 4.76. The fourth-order valence-corrected chi connectivity index (χ4v) is 3.53. The normalized spacial score (nSPS) is 11.2. The maximum Gasteiger partial charge on any atom is 0.255 e. The van der Waals surface area contributed by atoms with Gasteiger partial charge in [-0.25, -0.2) is 9.67 Å². The van der Waals surface area contributed by atoms with E-state index in [2.05, 4.69) is 20.6 Å². The molecule has 0 aliphatic heterocycles. The average Bonchev–Trinajstić information content (AvgIpc) is 3.15. The molecular weight excluding hydrogens is 322 g/mol. The van der Waals surface area contributed by atoms with Gasteiger partial charge in [0.25, 0.3) is 5.91 Å². The van der Waals surface area contributed by atoms with E-state index in [1.54, 1.807) is 28.2 Å². The maximum atomic E-state index is 12.5. The van der Waals surface area contributed by atoms with E-state index in [4.69, 9.17) is 0 Å². The highest BCUT2D eigenvalue weighted by atomic mass is 32.1. The van der Waals surface area contributed by atoms with Crippen LogP contribution in [0.4, 0.5) is 5.69 Å². The molecule has 0 atom stereocenters. The Morgan fingerprint density at radius 1 is 1.21 bits per heavy atom. The van der Waals surface area contributed by atoms with Crippen LogP contribution in [0.2, 0.25) is 0 Å². The number of nitrogens with zero attached hydrogens (tertiary/aromatic N) is 4. The number of anilines is 1. The number of amides is 1. The Labute approximate surface area is 142 Å². The van der Waals surface area contributed by atoms with Crippen molar-refractivity contribution in [2.24, 2.45) is 0 Å². The van der Waals surface area contributed by atoms with Crippen LogP contribution >= 0.6 is 11.3 Å². The summed E-state index contributed by atoms with van der Waals surface area (Å²) in [6.07, 6.45) is 0. The van der Waals surface area contributed by atoms with Gasteiger partial charge in [-0.2, -0.15) is 0 Å². The molecule has 0 fully saturated rings. The second-order valence-corrected chi connectivity index (χ2v) is 6.71. The highest BCUT2D eigenvalue weighted by Gasteiger charge is 2.11. The maximum absolute atomic E-state index is 12.5. The summed E-state index contributed by atoms with van der Waals surface area (Å²) in [5.41, 5.74) is 3.92. The van der Waals surface area contributed by atoms with E-state index < -0.39 is 0 Å². The number of thiazole rings is 1. The fourth-order valence-electron chi connectivity index (χ4n) is 2.67. The van der Waals surface area contributed by atoms with Gasteiger partial charge in [-0.3, -0.25) is 4.79 Å². The SMILES string of the molecule is CCn1nnc2cc(C(=O)Nc3ccc4nc(C)sc4c3)ccc21. The van der Waals surface area contributed by atoms with E-state index in [0.717, 1.165) is 38.5 Å². The van der Waals surface area contributed by atoms with E-state index in [1.165, 1.54) is 0 Å². The molecule has 1 amide bonds. The van der Waals surface area contributed by atoms with Gasteiger partial charge in [0.15, 0.2) is 0 Å². The molecular formula is C17H15N5OS. The molecule has 1 N–H and O–H groups in total. The van der Waals surface area contributed by atoms with Crippen LogP contribution in [0, 0.1) is 6.92 Å². The Morgan fingerprint density at radius 3 is 2.92 bits per heavy atom. The van der Waals surface area contributed by atoms with Gasteiger partial charge in [-0.15, -0.1) is 16.4 Å². The van der Waals surface area contributed by atoms with Crippen molar-refractivity contribution in [1.29, 1.82) is 0 Å². The Morgan fingerprint density at radius 2 is 2.08 bits per heavy atom. The van der Waals surface area contributed by atoms with Gasteiger partial charge in [0, 0.05) is 17.8 Å². The van der Waals surface area contributed by atoms with Crippen LogP contribution in [0.3, 0.4) is 0 Å². The second-order valence-electron chi connectivity index (χ2n) is 5.48. The standard InChI is InChI=1S/C17H15N5OS/c1-3-22-15-7-4-11(8-14(15)20-21-22)17(23)19-12-5-6-13-16(9-12)24-10(2)18-13/h4-9H,3H2,1-2H3,(H,19,23). The molecule has 2 aromatic heterocycles. The molecule has 6 nitrogen and oxygen atoms in total. The Hall–Kier alpha value is -2.80. The minimum atomic E-state index is -0.163. The minimum Gasteiger partial charge on any atom is -0.322 e. The predicted octanol–water partition coefficient (Wildman–Crippen LogP) is 3.62. The molecule has 120 valence electrons. The van der Waals surface area contributed by atoms with Gasteiger partial charge in [-0.05, 0) is 50.2 Å². The van der Waals surface area contributed by atoms with Crippen molar-refractivity contribution in [2.75, 3.05) is 5.32 Å². The lowest BCUT2D eigenvalue weighted by molar-refractivity contribution is 0.102. The van der Waals surface area contributed by atoms with Gasteiger partial charge < -0.3 is 5.32 Å². The summed E-state index contributed by atoms with van der Waals surface area (Å²) in [7, 11) is 0. The lowest BCUT2D eigenvalue weighted by atomic mass is 10.2. The first-order valence-electron chi connectivity index (χ1n) is 7.66. The lowest BCUT2D eigenvalue weighted by Gasteiger charge is -2.05. The molecule has 7 heteroatoms. The largest absolute Gasteiger partial charge is 0.322 e. The Kier molecular flexibility index (Phi) is 3.50. The molecule has 0 saturated heterocycles. The number of hydrogen-bond donors (Lipinski definition) is 1. The van der Waals surface area contributed by atoms with E-state index in [9.17, 15) is 4.79 Å². The Bertz CT molecular complexity index is 1070.